The van der Waals surface area contributed by atoms with Gasteiger partial charge in [0, 0.05) is 28.9 Å². The van der Waals surface area contributed by atoms with Crippen LogP contribution in [0.3, 0.4) is 0 Å². The second-order valence-corrected chi connectivity index (χ2v) is 9.99. The number of carbonyl (C=O) groups is 2. The molecule has 0 saturated heterocycles. The summed E-state index contributed by atoms with van der Waals surface area (Å²) < 4.78 is 5.23. The highest BCUT2D eigenvalue weighted by molar-refractivity contribution is 7.99. The highest BCUT2D eigenvalue weighted by atomic mass is 35.5. The summed E-state index contributed by atoms with van der Waals surface area (Å²) in [5, 5.41) is 4.14. The third kappa shape index (κ3) is 8.76. The van der Waals surface area contributed by atoms with E-state index >= 15 is 0 Å². The van der Waals surface area contributed by atoms with E-state index in [2.05, 4.69) is 5.32 Å². The van der Waals surface area contributed by atoms with Gasteiger partial charge < -0.3 is 15.0 Å². The van der Waals surface area contributed by atoms with Crippen LogP contribution in [-0.2, 0) is 21.9 Å². The molecular weight excluding hydrogens is 479 g/mol. The first-order chi connectivity index (χ1) is 15.7. The van der Waals surface area contributed by atoms with Gasteiger partial charge in [-0.25, -0.2) is 0 Å². The van der Waals surface area contributed by atoms with Crippen molar-refractivity contribution in [1.82, 2.24) is 10.2 Å². The first-order valence-corrected chi connectivity index (χ1v) is 12.9. The zero-order valence-electron chi connectivity index (χ0n) is 19.6. The Morgan fingerprint density at radius 2 is 1.82 bits per heavy atom. The number of benzene rings is 2. The summed E-state index contributed by atoms with van der Waals surface area (Å²) in [4.78, 5) is 27.9. The van der Waals surface area contributed by atoms with Gasteiger partial charge in [0.2, 0.25) is 11.8 Å². The van der Waals surface area contributed by atoms with Crippen LogP contribution in [0.15, 0.2) is 42.5 Å². The molecule has 2 amide bonds. The zero-order valence-corrected chi connectivity index (χ0v) is 21.9. The monoisotopic (exact) mass is 510 g/mol. The van der Waals surface area contributed by atoms with Crippen molar-refractivity contribution in [3.05, 3.63) is 63.6 Å². The lowest BCUT2D eigenvalue weighted by atomic mass is 10.1. The predicted molar refractivity (Wildman–Crippen MR) is 138 cm³/mol. The topological polar surface area (TPSA) is 58.6 Å². The molecule has 0 fully saturated rings. The highest BCUT2D eigenvalue weighted by Gasteiger charge is 2.28. The molecule has 1 unspecified atom stereocenters. The second kappa shape index (κ2) is 13.7. The SMILES string of the molecule is CCC(C(=O)NCC(C)C)N(Cc1ccc(OC)cc1)C(=O)CSCc1ccc(Cl)cc1Cl. The molecule has 0 aliphatic rings. The zero-order chi connectivity index (χ0) is 24.4. The number of methoxy groups -OCH3 is 1. The molecule has 8 heteroatoms. The Morgan fingerprint density at radius 1 is 1.12 bits per heavy atom. The molecule has 0 heterocycles. The van der Waals surface area contributed by atoms with E-state index in [1.165, 1.54) is 11.8 Å². The number of hydrogen-bond acceptors (Lipinski definition) is 4. The maximum Gasteiger partial charge on any atom is 0.242 e. The molecule has 0 bridgehead atoms. The van der Waals surface area contributed by atoms with Crippen LogP contribution in [0.2, 0.25) is 10.0 Å². The Bertz CT molecular complexity index is 922. The van der Waals surface area contributed by atoms with E-state index in [9.17, 15) is 9.59 Å². The fraction of sp³-hybridized carbons (Fsp3) is 0.440. The van der Waals surface area contributed by atoms with E-state index in [1.807, 2.05) is 51.1 Å². The van der Waals surface area contributed by atoms with E-state index in [-0.39, 0.29) is 17.6 Å². The molecule has 5 nitrogen and oxygen atoms in total. The molecule has 1 N–H and O–H groups in total. The smallest absolute Gasteiger partial charge is 0.242 e. The summed E-state index contributed by atoms with van der Waals surface area (Å²) in [6, 6.07) is 12.3. The van der Waals surface area contributed by atoms with Crippen LogP contribution in [0.4, 0.5) is 0 Å². The van der Waals surface area contributed by atoms with Crippen LogP contribution >= 0.6 is 35.0 Å². The minimum Gasteiger partial charge on any atom is -0.497 e. The van der Waals surface area contributed by atoms with Crippen molar-refractivity contribution < 1.29 is 14.3 Å². The fourth-order valence-electron chi connectivity index (χ4n) is 3.24. The molecule has 1 atom stereocenters. The second-order valence-electron chi connectivity index (χ2n) is 8.16. The molecular formula is C25H32Cl2N2O3S. The quantitative estimate of drug-likeness (QED) is 0.391. The highest BCUT2D eigenvalue weighted by Crippen LogP contribution is 2.25. The Morgan fingerprint density at radius 3 is 2.39 bits per heavy atom. The van der Waals surface area contributed by atoms with Crippen LogP contribution in [0, 0.1) is 5.92 Å². The van der Waals surface area contributed by atoms with Gasteiger partial charge in [0.1, 0.15) is 11.8 Å². The van der Waals surface area contributed by atoms with Gasteiger partial charge in [0.15, 0.2) is 0 Å². The van der Waals surface area contributed by atoms with E-state index in [4.69, 9.17) is 27.9 Å². The van der Waals surface area contributed by atoms with Crippen molar-refractivity contribution in [3.8, 4) is 5.75 Å². The largest absolute Gasteiger partial charge is 0.497 e. The van der Waals surface area contributed by atoms with Gasteiger partial charge in [-0.3, -0.25) is 9.59 Å². The van der Waals surface area contributed by atoms with Gasteiger partial charge in [-0.2, -0.15) is 0 Å². The molecule has 0 aromatic heterocycles. The number of hydrogen-bond donors (Lipinski definition) is 1. The van der Waals surface area contributed by atoms with Gasteiger partial charge in [-0.1, -0.05) is 62.2 Å². The standard InChI is InChI=1S/C25H32Cl2N2O3S/c1-5-23(25(31)28-13-17(2)3)29(14-18-6-10-21(32-4)11-7-18)24(30)16-33-15-19-8-9-20(26)12-22(19)27/h6-12,17,23H,5,13-16H2,1-4H3,(H,28,31). The van der Waals surface area contributed by atoms with Crippen LogP contribution in [0.1, 0.15) is 38.3 Å². The molecule has 33 heavy (non-hydrogen) atoms. The summed E-state index contributed by atoms with van der Waals surface area (Å²) in [5.41, 5.74) is 1.85. The van der Waals surface area contributed by atoms with E-state index in [1.54, 1.807) is 24.1 Å². The van der Waals surface area contributed by atoms with Gasteiger partial charge >= 0.3 is 0 Å². The molecule has 2 aromatic carbocycles. The number of amides is 2. The summed E-state index contributed by atoms with van der Waals surface area (Å²) in [6.45, 7) is 6.93. The Balaban J connectivity index is 2.14. The van der Waals surface area contributed by atoms with Crippen molar-refractivity contribution in [2.24, 2.45) is 5.92 Å². The minimum absolute atomic E-state index is 0.0903. The lowest BCUT2D eigenvalue weighted by Gasteiger charge is -2.31. The first-order valence-electron chi connectivity index (χ1n) is 11.0. The minimum atomic E-state index is -0.543. The number of ether oxygens (including phenoxy) is 1. The number of halogens is 2. The first kappa shape index (κ1) is 27.4. The van der Waals surface area contributed by atoms with Gasteiger partial charge in [-0.15, -0.1) is 11.8 Å². The molecule has 0 spiro atoms. The summed E-state index contributed by atoms with van der Waals surface area (Å²) in [7, 11) is 1.61. The molecule has 2 aromatic rings. The van der Waals surface area contributed by atoms with Crippen molar-refractivity contribution in [1.29, 1.82) is 0 Å². The molecule has 0 aliphatic heterocycles. The maximum atomic E-state index is 13.3. The van der Waals surface area contributed by atoms with Crippen molar-refractivity contribution in [3.63, 3.8) is 0 Å². The predicted octanol–water partition coefficient (Wildman–Crippen LogP) is 5.81. The lowest BCUT2D eigenvalue weighted by molar-refractivity contribution is -0.139. The molecule has 2 rings (SSSR count). The number of rotatable bonds is 12. The fourth-order valence-corrected chi connectivity index (χ4v) is 4.71. The Hall–Kier alpha value is -1.89. The summed E-state index contributed by atoms with van der Waals surface area (Å²) >= 11 is 13.7. The Kier molecular flexibility index (Phi) is 11.4. The maximum absolute atomic E-state index is 13.3. The van der Waals surface area contributed by atoms with Gasteiger partial charge in [0.05, 0.1) is 12.9 Å². The third-order valence-corrected chi connectivity index (χ3v) is 6.63. The Labute approximate surface area is 211 Å². The molecule has 0 saturated carbocycles. The van der Waals surface area contributed by atoms with Crippen LogP contribution in [0.25, 0.3) is 0 Å². The van der Waals surface area contributed by atoms with Crippen LogP contribution < -0.4 is 10.1 Å². The average Bonchev–Trinajstić information content (AvgIpc) is 2.79. The number of thioether (sulfide) groups is 1. The van der Waals surface area contributed by atoms with Crippen molar-refractivity contribution in [2.75, 3.05) is 19.4 Å². The normalized spacial score (nSPS) is 11.8. The number of carbonyl (C=O) groups excluding carboxylic acids is 2. The van der Waals surface area contributed by atoms with E-state index in [0.717, 1.165) is 16.9 Å². The van der Waals surface area contributed by atoms with Gasteiger partial charge in [-0.05, 0) is 47.7 Å². The van der Waals surface area contributed by atoms with Crippen molar-refractivity contribution in [2.45, 2.75) is 45.5 Å². The molecule has 0 aliphatic carbocycles. The van der Waals surface area contributed by atoms with E-state index < -0.39 is 6.04 Å². The van der Waals surface area contributed by atoms with Crippen molar-refractivity contribution >= 4 is 46.8 Å². The molecule has 180 valence electrons. The van der Waals surface area contributed by atoms with Crippen LogP contribution in [0.5, 0.6) is 5.75 Å². The number of nitrogens with zero attached hydrogens (tertiary/aromatic N) is 1. The van der Waals surface area contributed by atoms with E-state index in [0.29, 0.717) is 41.2 Å². The van der Waals surface area contributed by atoms with Gasteiger partial charge in [0.25, 0.3) is 0 Å². The molecule has 0 radical (unpaired) electrons. The third-order valence-electron chi connectivity index (χ3n) is 5.08. The summed E-state index contributed by atoms with van der Waals surface area (Å²) in [5.74, 6) is 1.68. The number of nitrogens with one attached hydrogen (secondary N) is 1. The summed E-state index contributed by atoms with van der Waals surface area (Å²) in [6.07, 6.45) is 0.527. The average molecular weight is 512 g/mol. The lowest BCUT2D eigenvalue weighted by Crippen LogP contribution is -2.50. The van der Waals surface area contributed by atoms with Crippen LogP contribution in [-0.4, -0.2) is 42.2 Å².